The minimum atomic E-state index is -0.280. The highest BCUT2D eigenvalue weighted by atomic mass is 16.1. The normalized spacial score (nSPS) is 12.2. The summed E-state index contributed by atoms with van der Waals surface area (Å²) < 4.78 is 0. The third-order valence-corrected chi connectivity index (χ3v) is 3.49. The highest BCUT2D eigenvalue weighted by Crippen LogP contribution is 2.23. The van der Waals surface area contributed by atoms with Crippen molar-refractivity contribution in [3.05, 3.63) is 53.7 Å². The molecule has 1 N–H and O–H groups in total. The van der Waals surface area contributed by atoms with Crippen LogP contribution in [0.25, 0.3) is 11.3 Å². The van der Waals surface area contributed by atoms with Gasteiger partial charge >= 0.3 is 0 Å². The number of nitrogens with zero attached hydrogens (tertiary/aromatic N) is 1. The molecule has 0 amide bonds. The molecule has 0 aliphatic carbocycles. The molecule has 0 aliphatic rings. The van der Waals surface area contributed by atoms with E-state index in [1.807, 2.05) is 24.3 Å². The quantitative estimate of drug-likeness (QED) is 0.905. The molecule has 1 heterocycles. The van der Waals surface area contributed by atoms with Crippen molar-refractivity contribution >= 4 is 5.78 Å². The molecule has 0 radical (unpaired) electrons. The predicted octanol–water partition coefficient (Wildman–Crippen LogP) is 3.16. The summed E-state index contributed by atoms with van der Waals surface area (Å²) >= 11 is 0. The van der Waals surface area contributed by atoms with E-state index in [-0.39, 0.29) is 11.8 Å². The van der Waals surface area contributed by atoms with Crippen LogP contribution >= 0.6 is 0 Å². The molecular formula is C17H20N2O. The van der Waals surface area contributed by atoms with Crippen LogP contribution < -0.4 is 5.32 Å². The summed E-state index contributed by atoms with van der Waals surface area (Å²) in [4.78, 5) is 16.1. The van der Waals surface area contributed by atoms with Gasteiger partial charge < -0.3 is 5.32 Å². The van der Waals surface area contributed by atoms with Gasteiger partial charge in [0, 0.05) is 11.8 Å². The summed E-state index contributed by atoms with van der Waals surface area (Å²) in [5.41, 5.74) is 4.29. The number of rotatable bonds is 5. The number of hydrogen-bond acceptors (Lipinski definition) is 3. The van der Waals surface area contributed by atoms with Gasteiger partial charge in [0.2, 0.25) is 0 Å². The number of benzene rings is 1. The number of carbonyl (C=O) groups excluding carboxylic acids is 1. The summed E-state index contributed by atoms with van der Waals surface area (Å²) in [5.74, 6) is 0.0935. The third-order valence-electron chi connectivity index (χ3n) is 3.49. The van der Waals surface area contributed by atoms with E-state index in [2.05, 4.69) is 29.4 Å². The lowest BCUT2D eigenvalue weighted by Gasteiger charge is -2.13. The SMILES string of the molecule is CCc1ccccc1-c1ccc([C@H](NC)C(C)=O)cn1. The average Bonchev–Trinajstić information content (AvgIpc) is 2.48. The molecule has 104 valence electrons. The second-order valence-electron chi connectivity index (χ2n) is 4.82. The molecule has 0 spiro atoms. The smallest absolute Gasteiger partial charge is 0.151 e. The van der Waals surface area contributed by atoms with E-state index in [4.69, 9.17) is 0 Å². The molecule has 1 aromatic carbocycles. The van der Waals surface area contributed by atoms with E-state index in [1.165, 1.54) is 5.56 Å². The fourth-order valence-corrected chi connectivity index (χ4v) is 2.42. The number of carbonyl (C=O) groups is 1. The van der Waals surface area contributed by atoms with Crippen LogP contribution in [0, 0.1) is 0 Å². The van der Waals surface area contributed by atoms with Gasteiger partial charge in [0.15, 0.2) is 5.78 Å². The van der Waals surface area contributed by atoms with Crippen LogP contribution in [0.4, 0.5) is 0 Å². The van der Waals surface area contributed by atoms with Crippen LogP contribution in [0.15, 0.2) is 42.6 Å². The lowest BCUT2D eigenvalue weighted by molar-refractivity contribution is -0.119. The van der Waals surface area contributed by atoms with Gasteiger partial charge in [-0.2, -0.15) is 0 Å². The zero-order chi connectivity index (χ0) is 14.5. The summed E-state index contributed by atoms with van der Waals surface area (Å²) in [7, 11) is 1.78. The summed E-state index contributed by atoms with van der Waals surface area (Å²) in [6.45, 7) is 3.72. The number of pyridine rings is 1. The average molecular weight is 268 g/mol. The zero-order valence-corrected chi connectivity index (χ0v) is 12.2. The van der Waals surface area contributed by atoms with Crippen molar-refractivity contribution < 1.29 is 4.79 Å². The van der Waals surface area contributed by atoms with Crippen molar-refractivity contribution in [3.63, 3.8) is 0 Å². The van der Waals surface area contributed by atoms with Crippen molar-refractivity contribution in [2.45, 2.75) is 26.3 Å². The topological polar surface area (TPSA) is 42.0 Å². The Bertz CT molecular complexity index is 590. The molecule has 1 aromatic heterocycles. The zero-order valence-electron chi connectivity index (χ0n) is 12.2. The summed E-state index contributed by atoms with van der Waals surface area (Å²) in [6, 6.07) is 11.9. The molecule has 0 saturated heterocycles. The number of aryl methyl sites for hydroxylation is 1. The third kappa shape index (κ3) is 2.94. The van der Waals surface area contributed by atoms with Gasteiger partial charge in [0.1, 0.15) is 0 Å². The maximum Gasteiger partial charge on any atom is 0.151 e. The molecule has 0 unspecified atom stereocenters. The molecule has 1 atom stereocenters. The number of Topliss-reactive ketones (excluding diaryl/α,β-unsaturated/α-hetero) is 1. The number of hydrogen-bond donors (Lipinski definition) is 1. The Labute approximate surface area is 120 Å². The number of likely N-dealkylation sites (N-methyl/N-ethyl adjacent to an activating group) is 1. The molecule has 2 aromatic rings. The Hall–Kier alpha value is -2.00. The van der Waals surface area contributed by atoms with E-state index in [9.17, 15) is 4.79 Å². The van der Waals surface area contributed by atoms with Gasteiger partial charge in [-0.3, -0.25) is 9.78 Å². The van der Waals surface area contributed by atoms with E-state index in [0.717, 1.165) is 23.2 Å². The first-order valence-corrected chi connectivity index (χ1v) is 6.89. The maximum atomic E-state index is 11.5. The highest BCUT2D eigenvalue weighted by molar-refractivity contribution is 5.82. The largest absolute Gasteiger partial charge is 0.307 e. The van der Waals surface area contributed by atoms with Gasteiger partial charge in [-0.15, -0.1) is 0 Å². The van der Waals surface area contributed by atoms with E-state index in [0.29, 0.717) is 0 Å². The molecule has 2 rings (SSSR count). The lowest BCUT2D eigenvalue weighted by atomic mass is 10.0. The predicted molar refractivity (Wildman–Crippen MR) is 81.5 cm³/mol. The maximum absolute atomic E-state index is 11.5. The van der Waals surface area contributed by atoms with Crippen LogP contribution in [0.5, 0.6) is 0 Å². The van der Waals surface area contributed by atoms with Gasteiger partial charge in [-0.05, 0) is 37.6 Å². The van der Waals surface area contributed by atoms with E-state index >= 15 is 0 Å². The monoisotopic (exact) mass is 268 g/mol. The first kappa shape index (κ1) is 14.4. The minimum absolute atomic E-state index is 0.0935. The molecular weight excluding hydrogens is 248 g/mol. The first-order valence-electron chi connectivity index (χ1n) is 6.89. The van der Waals surface area contributed by atoms with Crippen LogP contribution in [0.3, 0.4) is 0 Å². The number of nitrogens with one attached hydrogen (secondary N) is 1. The molecule has 0 aliphatic heterocycles. The van der Waals surface area contributed by atoms with Crippen LogP contribution in [-0.2, 0) is 11.2 Å². The Morgan fingerprint density at radius 1 is 1.25 bits per heavy atom. The summed E-state index contributed by atoms with van der Waals surface area (Å²) in [6.07, 6.45) is 2.76. The van der Waals surface area contributed by atoms with Gasteiger partial charge in [-0.25, -0.2) is 0 Å². The Morgan fingerprint density at radius 2 is 2.00 bits per heavy atom. The first-order chi connectivity index (χ1) is 9.67. The number of aromatic nitrogens is 1. The molecule has 0 bridgehead atoms. The van der Waals surface area contributed by atoms with Gasteiger partial charge in [0.25, 0.3) is 0 Å². The van der Waals surface area contributed by atoms with Crippen molar-refractivity contribution in [1.82, 2.24) is 10.3 Å². The van der Waals surface area contributed by atoms with Gasteiger partial charge in [0.05, 0.1) is 11.7 Å². The van der Waals surface area contributed by atoms with Crippen LogP contribution in [-0.4, -0.2) is 17.8 Å². The van der Waals surface area contributed by atoms with E-state index < -0.39 is 0 Å². The molecule has 3 nitrogen and oxygen atoms in total. The van der Waals surface area contributed by atoms with Crippen LogP contribution in [0.1, 0.15) is 31.0 Å². The minimum Gasteiger partial charge on any atom is -0.307 e. The fourth-order valence-electron chi connectivity index (χ4n) is 2.42. The van der Waals surface area contributed by atoms with Crippen LogP contribution in [0.2, 0.25) is 0 Å². The lowest BCUT2D eigenvalue weighted by Crippen LogP contribution is -2.23. The summed E-state index contributed by atoms with van der Waals surface area (Å²) in [5, 5.41) is 3.01. The van der Waals surface area contributed by atoms with E-state index in [1.54, 1.807) is 20.2 Å². The Kier molecular flexibility index (Phi) is 4.64. The van der Waals surface area contributed by atoms with Gasteiger partial charge in [-0.1, -0.05) is 37.3 Å². The highest BCUT2D eigenvalue weighted by Gasteiger charge is 2.14. The number of ketones is 1. The van der Waals surface area contributed by atoms with Crippen molar-refractivity contribution in [2.75, 3.05) is 7.05 Å². The molecule has 0 fully saturated rings. The van der Waals surface area contributed by atoms with Crippen molar-refractivity contribution in [2.24, 2.45) is 0 Å². The second kappa shape index (κ2) is 6.44. The van der Waals surface area contributed by atoms with Crippen molar-refractivity contribution in [3.8, 4) is 11.3 Å². The Balaban J connectivity index is 2.35. The Morgan fingerprint density at radius 3 is 2.55 bits per heavy atom. The van der Waals surface area contributed by atoms with Crippen molar-refractivity contribution in [1.29, 1.82) is 0 Å². The molecule has 0 saturated carbocycles. The molecule has 3 heteroatoms. The standard InChI is InChI=1S/C17H20N2O/c1-4-13-7-5-6-8-15(13)16-10-9-14(11-19-16)17(18-3)12(2)20/h5-11,17-18H,4H2,1-3H3/t17-/m1/s1. The second-order valence-corrected chi connectivity index (χ2v) is 4.82. The molecule has 20 heavy (non-hydrogen) atoms. The fraction of sp³-hybridized carbons (Fsp3) is 0.294.